The summed E-state index contributed by atoms with van der Waals surface area (Å²) in [5.41, 5.74) is -0.957. The lowest BCUT2D eigenvalue weighted by molar-refractivity contribution is -0.138. The molecule has 0 spiro atoms. The van der Waals surface area contributed by atoms with Gasteiger partial charge in [-0.2, -0.15) is 0 Å². The highest BCUT2D eigenvalue weighted by atomic mass is 32.2. The number of nitrogens with one attached hydrogen (secondary N) is 2. The van der Waals surface area contributed by atoms with Crippen molar-refractivity contribution in [3.63, 3.8) is 0 Å². The van der Waals surface area contributed by atoms with E-state index in [0.29, 0.717) is 0 Å². The summed E-state index contributed by atoms with van der Waals surface area (Å²) in [5, 5.41) is 11.2. The number of amides is 1. The highest BCUT2D eigenvalue weighted by Crippen LogP contribution is 2.08. The van der Waals surface area contributed by atoms with Crippen molar-refractivity contribution in [1.29, 1.82) is 0 Å². The maximum absolute atomic E-state index is 11.9. The molecule has 0 unspecified atom stereocenters. The van der Waals surface area contributed by atoms with E-state index in [1.165, 1.54) is 12.1 Å². The molecule has 0 saturated heterocycles. The number of sulfonamides is 1. The van der Waals surface area contributed by atoms with Crippen LogP contribution in [0.5, 0.6) is 0 Å². The molecule has 0 radical (unpaired) electrons. The number of carbonyl (C=O) groups is 2. The highest BCUT2D eigenvalue weighted by Gasteiger charge is 2.24. The molecule has 7 nitrogen and oxygen atoms in total. The van der Waals surface area contributed by atoms with Crippen molar-refractivity contribution in [3.05, 3.63) is 30.3 Å². The summed E-state index contributed by atoms with van der Waals surface area (Å²) >= 11 is 0. The quantitative estimate of drug-likeness (QED) is 0.671. The average Bonchev–Trinajstić information content (AvgIpc) is 2.35. The maximum atomic E-state index is 11.9. The Bertz CT molecular complexity index is 611. The summed E-state index contributed by atoms with van der Waals surface area (Å²) in [5.74, 6) is -1.65. The van der Waals surface area contributed by atoms with Gasteiger partial charge in [-0.1, -0.05) is 18.2 Å². The van der Waals surface area contributed by atoms with Gasteiger partial charge < -0.3 is 10.4 Å². The molecule has 3 N–H and O–H groups in total. The van der Waals surface area contributed by atoms with Crippen LogP contribution < -0.4 is 10.0 Å². The van der Waals surface area contributed by atoms with Crippen LogP contribution >= 0.6 is 0 Å². The predicted molar refractivity (Wildman–Crippen MR) is 76.1 cm³/mol. The molecule has 0 aliphatic rings. The van der Waals surface area contributed by atoms with Gasteiger partial charge >= 0.3 is 5.97 Å². The number of hydrogen-bond acceptors (Lipinski definition) is 4. The van der Waals surface area contributed by atoms with Gasteiger partial charge in [0, 0.05) is 5.54 Å². The largest absolute Gasteiger partial charge is 0.481 e. The average molecular weight is 314 g/mol. The third kappa shape index (κ3) is 5.92. The molecule has 1 aromatic carbocycles. The Morgan fingerprint density at radius 1 is 1.19 bits per heavy atom. The predicted octanol–water partition coefficient (Wildman–Crippen LogP) is 0.334. The minimum absolute atomic E-state index is 0.0580. The minimum Gasteiger partial charge on any atom is -0.481 e. The van der Waals surface area contributed by atoms with Gasteiger partial charge in [-0.25, -0.2) is 13.1 Å². The van der Waals surface area contributed by atoms with Crippen molar-refractivity contribution in [2.24, 2.45) is 0 Å². The van der Waals surface area contributed by atoms with E-state index in [0.717, 1.165) is 0 Å². The number of carboxylic acids is 1. The zero-order valence-electron chi connectivity index (χ0n) is 11.8. The van der Waals surface area contributed by atoms with Gasteiger partial charge in [0.2, 0.25) is 15.9 Å². The Morgan fingerprint density at radius 2 is 1.76 bits per heavy atom. The lowest BCUT2D eigenvalue weighted by Crippen LogP contribution is -2.48. The van der Waals surface area contributed by atoms with Crippen LogP contribution in [0.3, 0.4) is 0 Å². The van der Waals surface area contributed by atoms with Crippen molar-refractivity contribution >= 4 is 21.9 Å². The number of carboxylic acid groups (broad SMARTS) is 1. The molecule has 1 amide bonds. The lowest BCUT2D eigenvalue weighted by atomic mass is 10.0. The molecule has 8 heteroatoms. The van der Waals surface area contributed by atoms with Gasteiger partial charge in [0.05, 0.1) is 17.9 Å². The van der Waals surface area contributed by atoms with Crippen LogP contribution in [-0.4, -0.2) is 37.5 Å². The maximum Gasteiger partial charge on any atom is 0.305 e. The smallest absolute Gasteiger partial charge is 0.305 e. The van der Waals surface area contributed by atoms with Crippen molar-refractivity contribution in [3.8, 4) is 0 Å². The molecule has 116 valence electrons. The molecular formula is C13H18N2O5S. The van der Waals surface area contributed by atoms with Crippen LogP contribution in [-0.2, 0) is 19.6 Å². The van der Waals surface area contributed by atoms with Crippen LogP contribution in [0.2, 0.25) is 0 Å². The molecule has 1 aromatic rings. The van der Waals surface area contributed by atoms with Crippen LogP contribution in [0.25, 0.3) is 0 Å². The fraction of sp³-hybridized carbons (Fsp3) is 0.385. The number of rotatable bonds is 7. The summed E-state index contributed by atoms with van der Waals surface area (Å²) < 4.78 is 26.0. The van der Waals surface area contributed by atoms with Crippen LogP contribution in [0, 0.1) is 0 Å². The molecule has 0 aliphatic heterocycles. The van der Waals surface area contributed by atoms with Gasteiger partial charge in [-0.05, 0) is 26.0 Å². The normalized spacial score (nSPS) is 11.9. The number of aliphatic carboxylic acids is 1. The molecule has 0 aliphatic carbocycles. The second kappa shape index (κ2) is 6.68. The van der Waals surface area contributed by atoms with E-state index in [1.54, 1.807) is 32.0 Å². The molecule has 0 saturated carbocycles. The highest BCUT2D eigenvalue weighted by molar-refractivity contribution is 7.89. The summed E-state index contributed by atoms with van der Waals surface area (Å²) in [6.07, 6.45) is -0.260. The second-order valence-electron chi connectivity index (χ2n) is 5.14. The summed E-state index contributed by atoms with van der Waals surface area (Å²) in [6, 6.07) is 7.65. The number of hydrogen-bond donors (Lipinski definition) is 3. The Morgan fingerprint density at radius 3 is 2.29 bits per heavy atom. The van der Waals surface area contributed by atoms with Crippen molar-refractivity contribution in [2.75, 3.05) is 6.54 Å². The molecule has 21 heavy (non-hydrogen) atoms. The zero-order chi connectivity index (χ0) is 16.1. The lowest BCUT2D eigenvalue weighted by Gasteiger charge is -2.24. The summed E-state index contributed by atoms with van der Waals surface area (Å²) in [4.78, 5) is 22.4. The first-order valence-electron chi connectivity index (χ1n) is 6.20. The SMILES string of the molecule is CC(C)(CC(=O)O)NC(=O)CNS(=O)(=O)c1ccccc1. The molecule has 0 bridgehead atoms. The molecule has 0 atom stereocenters. The standard InChI is InChI=1S/C13H18N2O5S/c1-13(2,8-12(17)18)15-11(16)9-14-21(19,20)10-6-4-3-5-7-10/h3-7,14H,8-9H2,1-2H3,(H,15,16)(H,17,18). The topological polar surface area (TPSA) is 113 Å². The van der Waals surface area contributed by atoms with Crippen LogP contribution in [0.15, 0.2) is 35.2 Å². The Labute approximate surface area is 123 Å². The second-order valence-corrected chi connectivity index (χ2v) is 6.91. The van der Waals surface area contributed by atoms with E-state index in [2.05, 4.69) is 10.0 Å². The van der Waals surface area contributed by atoms with E-state index in [4.69, 9.17) is 5.11 Å². The van der Waals surface area contributed by atoms with E-state index in [-0.39, 0.29) is 11.3 Å². The first-order valence-corrected chi connectivity index (χ1v) is 7.68. The molecule has 0 fully saturated rings. The van der Waals surface area contributed by atoms with Gasteiger partial charge in [0.25, 0.3) is 0 Å². The molecule has 0 aromatic heterocycles. The molecule has 1 rings (SSSR count). The van der Waals surface area contributed by atoms with Crippen LogP contribution in [0.4, 0.5) is 0 Å². The summed E-state index contributed by atoms with van der Waals surface area (Å²) in [6.45, 7) is 2.63. The summed E-state index contributed by atoms with van der Waals surface area (Å²) in [7, 11) is -3.76. The van der Waals surface area contributed by atoms with Crippen molar-refractivity contribution < 1.29 is 23.1 Å². The van der Waals surface area contributed by atoms with Gasteiger partial charge in [-0.15, -0.1) is 0 Å². The van der Waals surface area contributed by atoms with Gasteiger partial charge in [-0.3, -0.25) is 9.59 Å². The van der Waals surface area contributed by atoms with Crippen molar-refractivity contribution in [1.82, 2.24) is 10.0 Å². The Kier molecular flexibility index (Phi) is 5.45. The fourth-order valence-electron chi connectivity index (χ4n) is 1.69. The van der Waals surface area contributed by atoms with Crippen LogP contribution in [0.1, 0.15) is 20.3 Å². The minimum atomic E-state index is -3.76. The van der Waals surface area contributed by atoms with E-state index in [1.807, 2.05) is 0 Å². The van der Waals surface area contributed by atoms with Gasteiger partial charge in [0.15, 0.2) is 0 Å². The van der Waals surface area contributed by atoms with E-state index >= 15 is 0 Å². The molecule has 0 heterocycles. The van der Waals surface area contributed by atoms with Gasteiger partial charge in [0.1, 0.15) is 0 Å². The Balaban J connectivity index is 2.59. The van der Waals surface area contributed by atoms with E-state index in [9.17, 15) is 18.0 Å². The number of carbonyl (C=O) groups excluding carboxylic acids is 1. The third-order valence-corrected chi connectivity index (χ3v) is 3.96. The number of benzene rings is 1. The third-order valence-electron chi connectivity index (χ3n) is 2.55. The first-order chi connectivity index (χ1) is 9.62. The van der Waals surface area contributed by atoms with E-state index < -0.39 is 34.0 Å². The molecular weight excluding hydrogens is 296 g/mol. The van der Waals surface area contributed by atoms with Crippen molar-refractivity contribution in [2.45, 2.75) is 30.7 Å². The Hall–Kier alpha value is -1.93. The first kappa shape index (κ1) is 17.1. The monoisotopic (exact) mass is 314 g/mol. The zero-order valence-corrected chi connectivity index (χ0v) is 12.6. The fourth-order valence-corrected chi connectivity index (χ4v) is 2.69.